The number of amides is 2. The predicted octanol–water partition coefficient (Wildman–Crippen LogP) is 4.70. The van der Waals surface area contributed by atoms with Crippen LogP contribution in [0.4, 0.5) is 0 Å². The molecule has 31 heavy (non-hydrogen) atoms. The van der Waals surface area contributed by atoms with Crippen LogP contribution >= 0.6 is 11.8 Å². The number of benzene rings is 2. The van der Waals surface area contributed by atoms with Gasteiger partial charge in [0.05, 0.1) is 4.91 Å². The second-order valence-electron chi connectivity index (χ2n) is 8.77. The molecule has 0 spiro atoms. The van der Waals surface area contributed by atoms with Gasteiger partial charge in [0.25, 0.3) is 5.91 Å². The lowest BCUT2D eigenvalue weighted by Gasteiger charge is -2.44. The topological polar surface area (TPSA) is 49.4 Å². The van der Waals surface area contributed by atoms with Crippen LogP contribution < -0.4 is 5.32 Å². The van der Waals surface area contributed by atoms with Gasteiger partial charge in [0.1, 0.15) is 0 Å². The highest BCUT2D eigenvalue weighted by Gasteiger charge is 2.42. The predicted molar refractivity (Wildman–Crippen MR) is 127 cm³/mol. The fraction of sp³-hybridized carbons (Fsp3) is 0.385. The Hall–Kier alpha value is -2.53. The van der Waals surface area contributed by atoms with Crippen molar-refractivity contribution in [2.75, 3.05) is 7.05 Å². The summed E-state index contributed by atoms with van der Waals surface area (Å²) in [6.07, 6.45) is 4.55. The summed E-state index contributed by atoms with van der Waals surface area (Å²) in [6.45, 7) is 4.67. The summed E-state index contributed by atoms with van der Waals surface area (Å²) in [4.78, 5) is 28.5. The molecule has 1 saturated heterocycles. The normalized spacial score (nSPS) is 24.7. The van der Waals surface area contributed by atoms with E-state index in [2.05, 4.69) is 67.7 Å². The van der Waals surface area contributed by atoms with E-state index in [-0.39, 0.29) is 23.8 Å². The van der Waals surface area contributed by atoms with E-state index in [0.717, 1.165) is 35.3 Å². The number of carbonyl (C=O) groups excluding carboxylic acids is 2. The van der Waals surface area contributed by atoms with Crippen molar-refractivity contribution >= 4 is 29.7 Å². The van der Waals surface area contributed by atoms with Gasteiger partial charge in [-0.3, -0.25) is 9.59 Å². The van der Waals surface area contributed by atoms with E-state index in [1.165, 1.54) is 11.1 Å². The smallest absolute Gasteiger partial charge is 0.260 e. The Kier molecular flexibility index (Phi) is 6.51. The average molecular weight is 435 g/mol. The molecule has 0 radical (unpaired) electrons. The van der Waals surface area contributed by atoms with Crippen molar-refractivity contribution in [3.05, 3.63) is 75.7 Å². The summed E-state index contributed by atoms with van der Waals surface area (Å²) in [5, 5.41) is 3.44. The minimum absolute atomic E-state index is 0.0369. The molecule has 2 aromatic carbocycles. The third kappa shape index (κ3) is 5.04. The van der Waals surface area contributed by atoms with Gasteiger partial charge in [-0.2, -0.15) is 0 Å². The van der Waals surface area contributed by atoms with Crippen molar-refractivity contribution in [1.29, 1.82) is 0 Å². The molecule has 4 nitrogen and oxygen atoms in total. The van der Waals surface area contributed by atoms with Gasteiger partial charge in [-0.25, -0.2) is 0 Å². The number of nitrogens with zero attached hydrogens (tertiary/aromatic N) is 1. The minimum atomic E-state index is -0.0369. The zero-order chi connectivity index (χ0) is 22.0. The SMILES string of the molecule is Cc1ccc(/C=C2\SC3CCC(C(=O)NCc4ccc(C)cc4)CC3N(C)C2=O)cc1. The second kappa shape index (κ2) is 9.31. The first kappa shape index (κ1) is 21.7. The summed E-state index contributed by atoms with van der Waals surface area (Å²) in [5.74, 6) is 0.128. The molecular formula is C26H30N2O2S. The number of carbonyl (C=O) groups is 2. The number of nitrogens with one attached hydrogen (secondary N) is 1. The zero-order valence-corrected chi connectivity index (χ0v) is 19.2. The molecule has 3 unspecified atom stereocenters. The standard InChI is InChI=1S/C26H30N2O2S/c1-17-4-8-19(9-5-17)14-24-26(30)28(3)22-15-21(12-13-23(22)31-24)25(29)27-16-20-10-6-18(2)7-11-20/h4-11,14,21-23H,12-13,15-16H2,1-3H3,(H,27,29)/b24-14-. The zero-order valence-electron chi connectivity index (χ0n) is 18.4. The Morgan fingerprint density at radius 1 is 1.06 bits per heavy atom. The van der Waals surface area contributed by atoms with Crippen LogP contribution in [0.25, 0.3) is 6.08 Å². The number of hydrogen-bond acceptors (Lipinski definition) is 3. The summed E-state index contributed by atoms with van der Waals surface area (Å²) in [7, 11) is 1.88. The molecule has 1 aliphatic carbocycles. The van der Waals surface area contributed by atoms with Crippen molar-refractivity contribution in [2.45, 2.75) is 50.9 Å². The third-order valence-corrected chi connectivity index (χ3v) is 7.79. The first-order valence-electron chi connectivity index (χ1n) is 11.0. The van der Waals surface area contributed by atoms with Gasteiger partial charge in [0, 0.05) is 30.8 Å². The van der Waals surface area contributed by atoms with Gasteiger partial charge in [0.2, 0.25) is 5.91 Å². The molecule has 3 atom stereocenters. The summed E-state index contributed by atoms with van der Waals surface area (Å²) in [5.41, 5.74) is 4.59. The molecule has 5 heteroatoms. The number of thioether (sulfide) groups is 1. The summed E-state index contributed by atoms with van der Waals surface area (Å²) < 4.78 is 0. The fourth-order valence-corrected chi connectivity index (χ4v) is 5.87. The lowest BCUT2D eigenvalue weighted by molar-refractivity contribution is -0.132. The third-order valence-electron chi connectivity index (χ3n) is 6.40. The van der Waals surface area contributed by atoms with Gasteiger partial charge < -0.3 is 10.2 Å². The molecule has 2 aromatic rings. The first-order chi connectivity index (χ1) is 14.9. The monoisotopic (exact) mass is 434 g/mol. The molecule has 0 bridgehead atoms. The van der Waals surface area contributed by atoms with E-state index in [0.29, 0.717) is 11.8 Å². The minimum Gasteiger partial charge on any atom is -0.352 e. The van der Waals surface area contributed by atoms with E-state index in [1.807, 2.05) is 18.0 Å². The lowest BCUT2D eigenvalue weighted by atomic mass is 9.83. The van der Waals surface area contributed by atoms with Crippen LogP contribution in [0.3, 0.4) is 0 Å². The Bertz CT molecular complexity index is 981. The Morgan fingerprint density at radius 3 is 2.39 bits per heavy atom. The van der Waals surface area contributed by atoms with Crippen LogP contribution in [-0.2, 0) is 16.1 Å². The molecule has 1 heterocycles. The second-order valence-corrected chi connectivity index (χ2v) is 10.1. The molecule has 1 saturated carbocycles. The largest absolute Gasteiger partial charge is 0.352 e. The molecule has 162 valence electrons. The van der Waals surface area contributed by atoms with E-state index in [1.54, 1.807) is 11.8 Å². The van der Waals surface area contributed by atoms with Crippen molar-refractivity contribution in [2.24, 2.45) is 5.92 Å². The Balaban J connectivity index is 1.38. The van der Waals surface area contributed by atoms with Crippen LogP contribution in [0.2, 0.25) is 0 Å². The Labute approximate surface area is 189 Å². The highest BCUT2D eigenvalue weighted by molar-refractivity contribution is 8.04. The van der Waals surface area contributed by atoms with Crippen LogP contribution in [0.5, 0.6) is 0 Å². The maximum Gasteiger partial charge on any atom is 0.260 e. The molecular weight excluding hydrogens is 404 g/mol. The van der Waals surface area contributed by atoms with Gasteiger partial charge in [-0.15, -0.1) is 11.8 Å². The van der Waals surface area contributed by atoms with E-state index in [4.69, 9.17) is 0 Å². The average Bonchev–Trinajstić information content (AvgIpc) is 2.78. The van der Waals surface area contributed by atoms with Crippen LogP contribution in [-0.4, -0.2) is 35.1 Å². The van der Waals surface area contributed by atoms with Crippen LogP contribution in [0, 0.1) is 19.8 Å². The van der Waals surface area contributed by atoms with Crippen LogP contribution in [0.1, 0.15) is 41.5 Å². The van der Waals surface area contributed by atoms with Gasteiger partial charge in [-0.1, -0.05) is 59.7 Å². The molecule has 2 aliphatic rings. The van der Waals surface area contributed by atoms with E-state index >= 15 is 0 Å². The number of rotatable bonds is 4. The van der Waals surface area contributed by atoms with Crippen LogP contribution in [0.15, 0.2) is 53.4 Å². The molecule has 0 aromatic heterocycles. The lowest BCUT2D eigenvalue weighted by Crippen LogP contribution is -2.52. The number of fused-ring (bicyclic) bond motifs is 1. The maximum absolute atomic E-state index is 13.0. The maximum atomic E-state index is 13.0. The highest BCUT2D eigenvalue weighted by Crippen LogP contribution is 2.43. The van der Waals surface area contributed by atoms with Crippen molar-refractivity contribution in [3.63, 3.8) is 0 Å². The summed E-state index contributed by atoms with van der Waals surface area (Å²) >= 11 is 1.69. The first-order valence-corrected chi connectivity index (χ1v) is 11.8. The van der Waals surface area contributed by atoms with Gasteiger partial charge in [0.15, 0.2) is 0 Å². The number of aryl methyl sites for hydroxylation is 2. The molecule has 4 rings (SSSR count). The molecule has 2 fully saturated rings. The van der Waals surface area contributed by atoms with Crippen molar-refractivity contribution in [1.82, 2.24) is 10.2 Å². The van der Waals surface area contributed by atoms with Gasteiger partial charge >= 0.3 is 0 Å². The fourth-order valence-electron chi connectivity index (χ4n) is 4.39. The Morgan fingerprint density at radius 2 is 1.71 bits per heavy atom. The van der Waals surface area contributed by atoms with Crippen molar-refractivity contribution in [3.8, 4) is 0 Å². The van der Waals surface area contributed by atoms with E-state index in [9.17, 15) is 9.59 Å². The highest BCUT2D eigenvalue weighted by atomic mass is 32.2. The van der Waals surface area contributed by atoms with E-state index < -0.39 is 0 Å². The molecule has 1 N–H and O–H groups in total. The summed E-state index contributed by atoms with van der Waals surface area (Å²) in [6, 6.07) is 16.6. The molecule has 1 aliphatic heterocycles. The quantitative estimate of drug-likeness (QED) is 0.710. The van der Waals surface area contributed by atoms with Gasteiger partial charge in [-0.05, 0) is 50.3 Å². The number of hydrogen-bond donors (Lipinski definition) is 1. The molecule has 2 amide bonds. The number of likely N-dealkylation sites (N-methyl/N-ethyl adjacent to an activating group) is 1. The van der Waals surface area contributed by atoms with Crippen molar-refractivity contribution < 1.29 is 9.59 Å².